The number of hydrogen-bond donors (Lipinski definition) is 3. The summed E-state index contributed by atoms with van der Waals surface area (Å²) in [4.78, 5) is 11.6. The van der Waals surface area contributed by atoms with Gasteiger partial charge in [-0.2, -0.15) is 0 Å². The van der Waals surface area contributed by atoms with E-state index < -0.39 is 5.60 Å². The van der Waals surface area contributed by atoms with Crippen LogP contribution in [0.3, 0.4) is 0 Å². The minimum absolute atomic E-state index is 0.159. The van der Waals surface area contributed by atoms with Gasteiger partial charge in [-0.25, -0.2) is 0 Å². The highest BCUT2D eigenvalue weighted by molar-refractivity contribution is 5.94. The fourth-order valence-corrected chi connectivity index (χ4v) is 2.90. The van der Waals surface area contributed by atoms with Crippen LogP contribution < -0.4 is 11.1 Å². The van der Waals surface area contributed by atoms with Crippen LogP contribution in [-0.4, -0.2) is 17.6 Å². The van der Waals surface area contributed by atoms with E-state index in [0.29, 0.717) is 23.4 Å². The Balaban J connectivity index is 0.000000300. The quantitative estimate of drug-likeness (QED) is 0.719. The molecule has 0 bridgehead atoms. The van der Waals surface area contributed by atoms with E-state index in [4.69, 9.17) is 5.73 Å². The van der Waals surface area contributed by atoms with Gasteiger partial charge in [0.2, 0.25) is 0 Å². The van der Waals surface area contributed by atoms with Crippen molar-refractivity contribution in [3.8, 4) is 0 Å². The molecule has 0 heterocycles. The average molecular weight is 335 g/mol. The molecule has 4 heteroatoms. The number of carbonyl (C=O) groups is 1. The first-order valence-corrected chi connectivity index (χ1v) is 9.27. The van der Waals surface area contributed by atoms with E-state index in [1.54, 1.807) is 32.0 Å². The summed E-state index contributed by atoms with van der Waals surface area (Å²) < 4.78 is 0. The van der Waals surface area contributed by atoms with Crippen molar-refractivity contribution < 1.29 is 9.90 Å². The maximum absolute atomic E-state index is 11.6. The van der Waals surface area contributed by atoms with Crippen LogP contribution in [-0.2, 0) is 5.60 Å². The van der Waals surface area contributed by atoms with Crippen LogP contribution in [0.5, 0.6) is 0 Å². The van der Waals surface area contributed by atoms with Crippen molar-refractivity contribution >= 4 is 11.6 Å². The van der Waals surface area contributed by atoms with Crippen LogP contribution in [0.4, 0.5) is 5.69 Å². The molecule has 1 aromatic carbocycles. The largest absolute Gasteiger partial charge is 0.398 e. The molecular formula is C20H34N2O2. The van der Waals surface area contributed by atoms with Crippen LogP contribution in [0, 0.1) is 0 Å². The van der Waals surface area contributed by atoms with Gasteiger partial charge in [-0.1, -0.05) is 51.4 Å². The number of nitrogens with one attached hydrogen (secondary N) is 1. The summed E-state index contributed by atoms with van der Waals surface area (Å²) in [6, 6.07) is 4.91. The van der Waals surface area contributed by atoms with Gasteiger partial charge in [0.15, 0.2) is 0 Å². The van der Waals surface area contributed by atoms with Gasteiger partial charge in [0.25, 0.3) is 5.91 Å². The lowest BCUT2D eigenvalue weighted by molar-refractivity contribution is 0.0792. The Labute approximate surface area is 146 Å². The van der Waals surface area contributed by atoms with E-state index in [9.17, 15) is 9.90 Å². The van der Waals surface area contributed by atoms with Crippen molar-refractivity contribution in [3.63, 3.8) is 0 Å². The van der Waals surface area contributed by atoms with Crippen LogP contribution in [0.15, 0.2) is 18.2 Å². The van der Waals surface area contributed by atoms with Gasteiger partial charge in [-0.05, 0) is 39.0 Å². The number of nitrogens with two attached hydrogens (primary N) is 1. The molecule has 1 aliphatic rings. The molecule has 0 saturated heterocycles. The fraction of sp³-hybridized carbons (Fsp3) is 0.650. The number of anilines is 1. The molecule has 1 saturated carbocycles. The molecule has 0 atom stereocenters. The topological polar surface area (TPSA) is 75.4 Å². The highest BCUT2D eigenvalue weighted by Gasteiger charge is 2.20. The number of amides is 1. The van der Waals surface area contributed by atoms with Crippen LogP contribution in [0.2, 0.25) is 0 Å². The zero-order chi connectivity index (χ0) is 18.0. The summed E-state index contributed by atoms with van der Waals surface area (Å²) in [6.45, 7) is 5.70. The Morgan fingerprint density at radius 2 is 1.54 bits per heavy atom. The summed E-state index contributed by atoms with van der Waals surface area (Å²) in [7, 11) is 0. The van der Waals surface area contributed by atoms with Crippen molar-refractivity contribution in [1.29, 1.82) is 0 Å². The number of aliphatic hydroxyl groups is 1. The second-order valence-corrected chi connectivity index (χ2v) is 7.05. The first-order valence-electron chi connectivity index (χ1n) is 9.27. The van der Waals surface area contributed by atoms with Gasteiger partial charge in [-0.3, -0.25) is 4.79 Å². The van der Waals surface area contributed by atoms with Gasteiger partial charge in [-0.15, -0.1) is 0 Å². The fourth-order valence-electron chi connectivity index (χ4n) is 2.90. The van der Waals surface area contributed by atoms with Gasteiger partial charge < -0.3 is 16.2 Å². The molecule has 1 aromatic rings. The molecule has 136 valence electrons. The molecule has 0 aromatic heterocycles. The summed E-state index contributed by atoms with van der Waals surface area (Å²) in [5.41, 5.74) is 6.27. The summed E-state index contributed by atoms with van der Waals surface area (Å²) >= 11 is 0. The van der Waals surface area contributed by atoms with Gasteiger partial charge >= 0.3 is 0 Å². The van der Waals surface area contributed by atoms with E-state index in [0.717, 1.165) is 0 Å². The Morgan fingerprint density at radius 3 is 1.92 bits per heavy atom. The Bertz CT molecular complexity index is 483. The molecule has 1 fully saturated rings. The number of hydrogen-bond acceptors (Lipinski definition) is 3. The lowest BCUT2D eigenvalue weighted by Gasteiger charge is -2.20. The Hall–Kier alpha value is -1.55. The SMILES string of the molecule is C1CCCCCCC1.CCNC(=O)c1ccc(N)c(C(C)(C)O)c1. The van der Waals surface area contributed by atoms with Gasteiger partial charge in [0, 0.05) is 23.4 Å². The number of benzene rings is 1. The minimum Gasteiger partial charge on any atom is -0.398 e. The third-order valence-electron chi connectivity index (χ3n) is 4.31. The van der Waals surface area contributed by atoms with Crippen molar-refractivity contribution in [2.45, 2.75) is 77.7 Å². The molecule has 4 nitrogen and oxygen atoms in total. The number of nitrogen functional groups attached to an aromatic ring is 1. The minimum atomic E-state index is -1.05. The third-order valence-corrected chi connectivity index (χ3v) is 4.31. The summed E-state index contributed by atoms with van der Waals surface area (Å²) in [5.74, 6) is -0.159. The Morgan fingerprint density at radius 1 is 1.08 bits per heavy atom. The second kappa shape index (κ2) is 10.3. The molecule has 0 unspecified atom stereocenters. The van der Waals surface area contributed by atoms with E-state index >= 15 is 0 Å². The standard InChI is InChI=1S/C12H18N2O2.C8H16/c1-4-14-11(15)8-5-6-10(13)9(7-8)12(2,3)16;1-2-4-6-8-7-5-3-1/h5-7,16H,4,13H2,1-3H3,(H,14,15);1-8H2. The highest BCUT2D eigenvalue weighted by Crippen LogP contribution is 2.26. The summed E-state index contributed by atoms with van der Waals surface area (Å²) in [6.07, 6.45) is 12.0. The lowest BCUT2D eigenvalue weighted by Crippen LogP contribution is -2.24. The molecule has 0 aliphatic heterocycles. The zero-order valence-electron chi connectivity index (χ0n) is 15.5. The molecule has 0 radical (unpaired) electrons. The average Bonchev–Trinajstić information content (AvgIpc) is 2.46. The van der Waals surface area contributed by atoms with E-state index in [1.165, 1.54) is 51.4 Å². The van der Waals surface area contributed by atoms with E-state index in [1.807, 2.05) is 6.92 Å². The van der Waals surface area contributed by atoms with Crippen LogP contribution in [0.25, 0.3) is 0 Å². The molecule has 24 heavy (non-hydrogen) atoms. The number of carbonyl (C=O) groups excluding carboxylic acids is 1. The highest BCUT2D eigenvalue weighted by atomic mass is 16.3. The van der Waals surface area contributed by atoms with Crippen molar-refractivity contribution in [2.24, 2.45) is 0 Å². The maximum Gasteiger partial charge on any atom is 0.251 e. The molecule has 1 aliphatic carbocycles. The molecule has 2 rings (SSSR count). The predicted molar refractivity (Wildman–Crippen MR) is 101 cm³/mol. The zero-order valence-corrected chi connectivity index (χ0v) is 15.5. The normalized spacial score (nSPS) is 15.5. The molecule has 1 amide bonds. The Kier molecular flexibility index (Phi) is 8.83. The maximum atomic E-state index is 11.6. The summed E-state index contributed by atoms with van der Waals surface area (Å²) in [5, 5.41) is 12.6. The lowest BCUT2D eigenvalue weighted by atomic mass is 9.94. The number of rotatable bonds is 3. The van der Waals surface area contributed by atoms with Crippen molar-refractivity contribution in [1.82, 2.24) is 5.32 Å². The van der Waals surface area contributed by atoms with Crippen molar-refractivity contribution in [3.05, 3.63) is 29.3 Å². The van der Waals surface area contributed by atoms with Gasteiger partial charge in [0.05, 0.1) is 5.60 Å². The monoisotopic (exact) mass is 334 g/mol. The smallest absolute Gasteiger partial charge is 0.251 e. The second-order valence-electron chi connectivity index (χ2n) is 7.05. The van der Waals surface area contributed by atoms with Crippen molar-refractivity contribution in [2.75, 3.05) is 12.3 Å². The predicted octanol–water partition coefficient (Wildman–Crippen LogP) is 4.37. The van der Waals surface area contributed by atoms with Gasteiger partial charge in [0.1, 0.15) is 0 Å². The van der Waals surface area contributed by atoms with E-state index in [-0.39, 0.29) is 5.91 Å². The van der Waals surface area contributed by atoms with Crippen LogP contribution >= 0.6 is 0 Å². The molecule has 4 N–H and O–H groups in total. The van der Waals surface area contributed by atoms with E-state index in [2.05, 4.69) is 5.32 Å². The first kappa shape index (κ1) is 20.5. The third kappa shape index (κ3) is 7.35. The van der Waals surface area contributed by atoms with Crippen LogP contribution in [0.1, 0.15) is 88.1 Å². The molecule has 0 spiro atoms. The molecular weight excluding hydrogens is 300 g/mol. The first-order chi connectivity index (χ1) is 11.4.